The second kappa shape index (κ2) is 5.06. The summed E-state index contributed by atoms with van der Waals surface area (Å²) < 4.78 is 27.3. The first-order chi connectivity index (χ1) is 8.02. The van der Waals surface area contributed by atoms with E-state index in [9.17, 15) is 8.42 Å². The first kappa shape index (κ1) is 13.0. The molecule has 6 heteroatoms. The van der Waals surface area contributed by atoms with Crippen LogP contribution in [-0.4, -0.2) is 21.2 Å². The topological polar surface area (TPSA) is 46.2 Å². The molecule has 3 nitrogen and oxygen atoms in total. The molecule has 0 radical (unpaired) electrons. The zero-order valence-corrected chi connectivity index (χ0v) is 12.5. The van der Waals surface area contributed by atoms with Crippen molar-refractivity contribution < 1.29 is 8.42 Å². The molecule has 92 valence electrons. The van der Waals surface area contributed by atoms with E-state index in [1.807, 2.05) is 17.5 Å². The van der Waals surface area contributed by atoms with Gasteiger partial charge >= 0.3 is 0 Å². The van der Waals surface area contributed by atoms with Gasteiger partial charge in [-0.2, -0.15) is 0 Å². The van der Waals surface area contributed by atoms with Gasteiger partial charge in [-0.15, -0.1) is 11.3 Å². The van der Waals surface area contributed by atoms with Gasteiger partial charge in [0.05, 0.1) is 5.75 Å². The van der Waals surface area contributed by atoms with Crippen molar-refractivity contribution in [1.82, 2.24) is 4.72 Å². The largest absolute Gasteiger partial charge is 0.218 e. The highest BCUT2D eigenvalue weighted by atomic mass is 79.9. The summed E-state index contributed by atoms with van der Waals surface area (Å²) in [7, 11) is -1.68. The number of halogens is 1. The minimum atomic E-state index is -3.13. The summed E-state index contributed by atoms with van der Waals surface area (Å²) in [6, 6.07) is 6.05. The van der Waals surface area contributed by atoms with Crippen LogP contribution in [0.2, 0.25) is 0 Å². The van der Waals surface area contributed by atoms with Crippen molar-refractivity contribution in [2.75, 3.05) is 12.8 Å². The van der Waals surface area contributed by atoms with Crippen LogP contribution in [0.3, 0.4) is 0 Å². The fraction of sp³-hybridized carbons (Fsp3) is 0.273. The number of hydrogen-bond acceptors (Lipinski definition) is 3. The highest BCUT2D eigenvalue weighted by Gasteiger charge is 2.10. The van der Waals surface area contributed by atoms with Gasteiger partial charge in [0.15, 0.2) is 0 Å². The Morgan fingerprint density at radius 3 is 2.88 bits per heavy atom. The SMILES string of the molecule is CNS(=O)(=O)CCc1csc2cc(Br)ccc12. The smallest absolute Gasteiger partial charge is 0.211 e. The number of nitrogens with one attached hydrogen (secondary N) is 1. The van der Waals surface area contributed by atoms with E-state index in [0.29, 0.717) is 6.42 Å². The average molecular weight is 334 g/mol. The number of hydrogen-bond donors (Lipinski definition) is 1. The molecule has 2 aromatic rings. The molecule has 1 N–H and O–H groups in total. The van der Waals surface area contributed by atoms with Gasteiger partial charge in [0.2, 0.25) is 10.0 Å². The summed E-state index contributed by atoms with van der Waals surface area (Å²) >= 11 is 5.07. The van der Waals surface area contributed by atoms with E-state index in [1.54, 1.807) is 11.3 Å². The molecule has 0 saturated heterocycles. The van der Waals surface area contributed by atoms with Gasteiger partial charge in [-0.3, -0.25) is 0 Å². The van der Waals surface area contributed by atoms with Crippen molar-refractivity contribution in [3.8, 4) is 0 Å². The van der Waals surface area contributed by atoms with Crippen molar-refractivity contribution >= 4 is 47.4 Å². The van der Waals surface area contributed by atoms with Gasteiger partial charge in [-0.1, -0.05) is 22.0 Å². The molecule has 0 aliphatic carbocycles. The first-order valence-electron chi connectivity index (χ1n) is 5.09. The van der Waals surface area contributed by atoms with Gasteiger partial charge < -0.3 is 0 Å². The van der Waals surface area contributed by atoms with Crippen LogP contribution in [0.15, 0.2) is 28.1 Å². The van der Waals surface area contributed by atoms with E-state index in [1.165, 1.54) is 11.7 Å². The van der Waals surface area contributed by atoms with Crippen LogP contribution in [0.5, 0.6) is 0 Å². The van der Waals surface area contributed by atoms with E-state index < -0.39 is 10.0 Å². The van der Waals surface area contributed by atoms with E-state index in [4.69, 9.17) is 0 Å². The maximum atomic E-state index is 11.4. The van der Waals surface area contributed by atoms with E-state index in [0.717, 1.165) is 15.4 Å². The van der Waals surface area contributed by atoms with Crippen LogP contribution < -0.4 is 4.72 Å². The lowest BCUT2D eigenvalue weighted by molar-refractivity contribution is 0.587. The Labute approximate surface area is 113 Å². The summed E-state index contributed by atoms with van der Waals surface area (Å²) in [5, 5.41) is 3.17. The van der Waals surface area contributed by atoms with Crippen molar-refractivity contribution in [2.45, 2.75) is 6.42 Å². The molecule has 0 fully saturated rings. The summed E-state index contributed by atoms with van der Waals surface area (Å²) in [6.07, 6.45) is 0.546. The molecule has 1 heterocycles. The number of aryl methyl sites for hydroxylation is 1. The van der Waals surface area contributed by atoms with Crippen LogP contribution in [0.25, 0.3) is 10.1 Å². The normalized spacial score (nSPS) is 12.1. The maximum absolute atomic E-state index is 11.4. The lowest BCUT2D eigenvalue weighted by Crippen LogP contribution is -2.22. The Kier molecular flexibility index (Phi) is 3.87. The molecule has 0 aliphatic rings. The molecular weight excluding hydrogens is 322 g/mol. The second-order valence-corrected chi connectivity index (χ2v) is 7.55. The Hall–Kier alpha value is -0.430. The molecular formula is C11H12BrNO2S2. The van der Waals surface area contributed by atoms with Gasteiger partial charge in [-0.05, 0) is 41.9 Å². The molecule has 0 saturated carbocycles. The first-order valence-corrected chi connectivity index (χ1v) is 8.41. The molecule has 2 rings (SSSR count). The highest BCUT2D eigenvalue weighted by Crippen LogP contribution is 2.29. The van der Waals surface area contributed by atoms with Crippen LogP contribution in [-0.2, 0) is 16.4 Å². The predicted molar refractivity (Wildman–Crippen MR) is 76.1 cm³/mol. The van der Waals surface area contributed by atoms with Gasteiger partial charge in [0, 0.05) is 9.17 Å². The van der Waals surface area contributed by atoms with Crippen molar-refractivity contribution in [3.63, 3.8) is 0 Å². The predicted octanol–water partition coefficient (Wildman–Crippen LogP) is 2.76. The monoisotopic (exact) mass is 333 g/mol. The molecule has 0 aliphatic heterocycles. The van der Waals surface area contributed by atoms with Crippen LogP contribution >= 0.6 is 27.3 Å². The summed E-state index contributed by atoms with van der Waals surface area (Å²) in [6.45, 7) is 0. The molecule has 0 unspecified atom stereocenters. The third kappa shape index (κ3) is 3.07. The third-order valence-corrected chi connectivity index (χ3v) is 5.42. The summed E-state index contributed by atoms with van der Waals surface area (Å²) in [4.78, 5) is 0. The van der Waals surface area contributed by atoms with Gasteiger partial charge in [0.25, 0.3) is 0 Å². The maximum Gasteiger partial charge on any atom is 0.211 e. The third-order valence-electron chi connectivity index (χ3n) is 2.57. The highest BCUT2D eigenvalue weighted by molar-refractivity contribution is 9.10. The molecule has 0 atom stereocenters. The number of benzene rings is 1. The van der Waals surface area contributed by atoms with Crippen molar-refractivity contribution in [3.05, 3.63) is 33.6 Å². The van der Waals surface area contributed by atoms with Crippen LogP contribution in [0, 0.1) is 0 Å². The quantitative estimate of drug-likeness (QED) is 0.935. The minimum Gasteiger partial charge on any atom is -0.218 e. The molecule has 0 bridgehead atoms. The lowest BCUT2D eigenvalue weighted by atomic mass is 10.1. The molecule has 1 aromatic heterocycles. The summed E-state index contributed by atoms with van der Waals surface area (Å²) in [5.74, 6) is 0.130. The van der Waals surface area contributed by atoms with Crippen LogP contribution in [0.1, 0.15) is 5.56 Å². The Morgan fingerprint density at radius 1 is 1.41 bits per heavy atom. The second-order valence-electron chi connectivity index (χ2n) is 3.67. The number of sulfonamides is 1. The number of rotatable bonds is 4. The fourth-order valence-corrected chi connectivity index (χ4v) is 3.84. The van der Waals surface area contributed by atoms with Gasteiger partial charge in [-0.25, -0.2) is 13.1 Å². The zero-order chi connectivity index (χ0) is 12.5. The van der Waals surface area contributed by atoms with Crippen molar-refractivity contribution in [1.29, 1.82) is 0 Å². The fourth-order valence-electron chi connectivity index (χ4n) is 1.60. The average Bonchev–Trinajstić information content (AvgIpc) is 2.69. The van der Waals surface area contributed by atoms with Crippen molar-refractivity contribution in [2.24, 2.45) is 0 Å². The lowest BCUT2D eigenvalue weighted by Gasteiger charge is -2.01. The van der Waals surface area contributed by atoms with Crippen LogP contribution in [0.4, 0.5) is 0 Å². The number of fused-ring (bicyclic) bond motifs is 1. The standard InChI is InChI=1S/C11H12BrNO2S2/c1-13-17(14,15)5-4-8-7-16-11-6-9(12)2-3-10(8)11/h2-3,6-7,13H,4-5H2,1H3. The zero-order valence-electron chi connectivity index (χ0n) is 9.23. The molecule has 0 spiro atoms. The number of thiophene rings is 1. The Bertz CT molecular complexity index is 634. The molecule has 0 amide bonds. The van der Waals surface area contributed by atoms with Gasteiger partial charge in [0.1, 0.15) is 0 Å². The van der Waals surface area contributed by atoms with E-state index >= 15 is 0 Å². The Balaban J connectivity index is 2.26. The Morgan fingerprint density at radius 2 is 2.18 bits per heavy atom. The summed E-state index contributed by atoms with van der Waals surface area (Å²) in [5.41, 5.74) is 1.09. The van der Waals surface area contributed by atoms with E-state index in [2.05, 4.69) is 26.7 Å². The molecule has 17 heavy (non-hydrogen) atoms. The minimum absolute atomic E-state index is 0.130. The molecule has 1 aromatic carbocycles. The van der Waals surface area contributed by atoms with E-state index in [-0.39, 0.29) is 5.75 Å².